The smallest absolute Gasteiger partial charge is 0.352 e. The molecule has 2 aliphatic heterocycles. The Balaban J connectivity index is 1.65. The summed E-state index contributed by atoms with van der Waals surface area (Å²) in [6.45, 7) is 2.24. The number of fused-ring (bicyclic) bond motifs is 1. The van der Waals surface area contributed by atoms with Gasteiger partial charge >= 0.3 is 5.97 Å². The Morgan fingerprint density at radius 3 is 2.84 bits per heavy atom. The molecule has 0 radical (unpaired) electrons. The molecule has 1 unspecified atom stereocenters. The van der Waals surface area contributed by atoms with Crippen molar-refractivity contribution in [1.29, 1.82) is 0 Å². The van der Waals surface area contributed by atoms with Crippen LogP contribution in [-0.2, 0) is 25.7 Å². The molecule has 1 fully saturated rings. The van der Waals surface area contributed by atoms with E-state index in [1.807, 2.05) is 6.92 Å². The van der Waals surface area contributed by atoms with Gasteiger partial charge < -0.3 is 16.2 Å². The SMILES string of the molecule is CCCSCC(=O)NC1C(=O)N2C(C(=O)O)=C(CSc3nnnn3CCC(N)=O)CS[C@H]12. The zero-order valence-corrected chi connectivity index (χ0v) is 19.7. The molecule has 0 aromatic carbocycles. The lowest BCUT2D eigenvalue weighted by molar-refractivity contribution is -0.150. The molecule has 32 heavy (non-hydrogen) atoms. The molecule has 2 aliphatic rings. The fourth-order valence-electron chi connectivity index (χ4n) is 3.13. The van der Waals surface area contributed by atoms with E-state index in [2.05, 4.69) is 20.8 Å². The van der Waals surface area contributed by atoms with Crippen LogP contribution in [0.25, 0.3) is 0 Å². The van der Waals surface area contributed by atoms with Crippen LogP contribution in [0.4, 0.5) is 0 Å². The number of β-lactam (4-membered cyclic amide) rings is 1. The summed E-state index contributed by atoms with van der Waals surface area (Å²) >= 11 is 4.12. The summed E-state index contributed by atoms with van der Waals surface area (Å²) in [4.78, 5) is 48.9. The van der Waals surface area contributed by atoms with Crippen molar-refractivity contribution >= 4 is 59.0 Å². The quantitative estimate of drug-likeness (QED) is 0.192. The van der Waals surface area contributed by atoms with E-state index in [0.717, 1.165) is 12.2 Å². The summed E-state index contributed by atoms with van der Waals surface area (Å²) in [5.41, 5.74) is 5.65. The maximum atomic E-state index is 12.7. The van der Waals surface area contributed by atoms with Gasteiger partial charge in [-0.25, -0.2) is 9.48 Å². The van der Waals surface area contributed by atoms with Gasteiger partial charge in [-0.05, 0) is 28.2 Å². The number of rotatable bonds is 12. The molecule has 12 nitrogen and oxygen atoms in total. The van der Waals surface area contributed by atoms with E-state index in [-0.39, 0.29) is 36.1 Å². The van der Waals surface area contributed by atoms with Crippen molar-refractivity contribution in [2.45, 2.75) is 42.9 Å². The molecule has 0 aliphatic carbocycles. The number of nitrogens with one attached hydrogen (secondary N) is 1. The minimum Gasteiger partial charge on any atom is -0.477 e. The van der Waals surface area contributed by atoms with Gasteiger partial charge in [0.05, 0.1) is 12.3 Å². The van der Waals surface area contributed by atoms with Gasteiger partial charge in [0, 0.05) is 17.9 Å². The monoisotopic (exact) mass is 501 g/mol. The summed E-state index contributed by atoms with van der Waals surface area (Å²) in [6, 6.07) is -0.723. The molecule has 1 aromatic rings. The van der Waals surface area contributed by atoms with E-state index in [0.29, 0.717) is 16.5 Å². The number of nitrogens with two attached hydrogens (primary N) is 1. The number of tetrazole rings is 1. The van der Waals surface area contributed by atoms with Crippen LogP contribution in [0.5, 0.6) is 0 Å². The lowest BCUT2D eigenvalue weighted by atomic mass is 10.0. The van der Waals surface area contributed by atoms with Gasteiger partial charge in [0.1, 0.15) is 17.1 Å². The molecule has 0 spiro atoms. The number of aliphatic carboxylic acids is 1. The molecule has 3 rings (SSSR count). The van der Waals surface area contributed by atoms with Crippen LogP contribution in [0, 0.1) is 0 Å². The Hall–Kier alpha value is -2.26. The number of thioether (sulfide) groups is 3. The number of amides is 3. The van der Waals surface area contributed by atoms with Gasteiger partial charge in [0.2, 0.25) is 17.0 Å². The van der Waals surface area contributed by atoms with E-state index in [4.69, 9.17) is 5.73 Å². The zero-order valence-electron chi connectivity index (χ0n) is 17.2. The molecule has 2 atom stereocenters. The zero-order chi connectivity index (χ0) is 23.3. The molecule has 4 N–H and O–H groups in total. The van der Waals surface area contributed by atoms with Gasteiger partial charge in [-0.1, -0.05) is 18.7 Å². The topological polar surface area (TPSA) is 173 Å². The van der Waals surface area contributed by atoms with Crippen molar-refractivity contribution in [1.82, 2.24) is 30.4 Å². The number of carboxylic acids is 1. The number of carboxylic acid groups (broad SMARTS) is 1. The molecule has 174 valence electrons. The Bertz CT molecular complexity index is 937. The Kier molecular flexibility index (Phi) is 8.42. The molecule has 3 amide bonds. The van der Waals surface area contributed by atoms with Crippen LogP contribution in [0.3, 0.4) is 0 Å². The van der Waals surface area contributed by atoms with Crippen molar-refractivity contribution in [2.75, 3.05) is 23.0 Å². The highest BCUT2D eigenvalue weighted by molar-refractivity contribution is 8.01. The standard InChI is InChI=1S/C17H23N7O5S3/c1-2-5-30-8-11(26)19-12-14(27)24-13(16(28)29)9(6-31-15(12)24)7-32-17-20-21-22-23(17)4-3-10(18)25/h12,15H,2-8H2,1H3,(H2,18,25)(H,19,26)(H,28,29)/t12?,15-/m1/s1. The van der Waals surface area contributed by atoms with Crippen molar-refractivity contribution in [3.05, 3.63) is 11.3 Å². The molecular formula is C17H23N7O5S3. The number of aryl methyl sites for hydroxylation is 1. The first-order chi connectivity index (χ1) is 15.3. The van der Waals surface area contributed by atoms with Gasteiger partial charge in [-0.15, -0.1) is 16.9 Å². The van der Waals surface area contributed by atoms with Crippen molar-refractivity contribution < 1.29 is 24.3 Å². The average molecular weight is 502 g/mol. The molecule has 1 aromatic heterocycles. The van der Waals surface area contributed by atoms with Gasteiger partial charge in [0.15, 0.2) is 0 Å². The average Bonchev–Trinajstić information content (AvgIpc) is 3.21. The largest absolute Gasteiger partial charge is 0.477 e. The predicted octanol–water partition coefficient (Wildman–Crippen LogP) is -0.478. The summed E-state index contributed by atoms with van der Waals surface area (Å²) in [5.74, 6) is -0.567. The first-order valence-electron chi connectivity index (χ1n) is 9.77. The number of aromatic nitrogens is 4. The lowest BCUT2D eigenvalue weighted by Crippen LogP contribution is -2.70. The molecule has 15 heteroatoms. The maximum Gasteiger partial charge on any atom is 0.352 e. The van der Waals surface area contributed by atoms with Crippen LogP contribution in [0.2, 0.25) is 0 Å². The Morgan fingerprint density at radius 1 is 1.38 bits per heavy atom. The Morgan fingerprint density at radius 2 is 2.16 bits per heavy atom. The van der Waals surface area contributed by atoms with Crippen LogP contribution in [0.1, 0.15) is 19.8 Å². The summed E-state index contributed by atoms with van der Waals surface area (Å²) < 4.78 is 1.42. The third-order valence-electron chi connectivity index (χ3n) is 4.59. The first-order valence-corrected chi connectivity index (χ1v) is 13.0. The van der Waals surface area contributed by atoms with Crippen LogP contribution in [0.15, 0.2) is 16.4 Å². The van der Waals surface area contributed by atoms with Gasteiger partial charge in [-0.3, -0.25) is 19.3 Å². The first kappa shape index (κ1) is 24.4. The number of hydrogen-bond acceptors (Lipinski definition) is 10. The number of nitrogens with zero attached hydrogens (tertiary/aromatic N) is 5. The molecule has 3 heterocycles. The highest BCUT2D eigenvalue weighted by Gasteiger charge is 2.54. The number of primary amides is 1. The normalized spacial score (nSPS) is 20.0. The summed E-state index contributed by atoms with van der Waals surface area (Å²) in [5, 5.41) is 23.7. The van der Waals surface area contributed by atoms with Gasteiger partial charge in [-0.2, -0.15) is 11.8 Å². The lowest BCUT2D eigenvalue weighted by Gasteiger charge is -2.49. The third kappa shape index (κ3) is 5.56. The maximum absolute atomic E-state index is 12.7. The number of hydrogen-bond donors (Lipinski definition) is 3. The molecular weight excluding hydrogens is 478 g/mol. The third-order valence-corrected chi connectivity index (χ3v) is 8.14. The molecule has 0 saturated carbocycles. The second-order valence-electron chi connectivity index (χ2n) is 6.95. The predicted molar refractivity (Wildman–Crippen MR) is 120 cm³/mol. The van der Waals surface area contributed by atoms with Crippen molar-refractivity contribution in [3.8, 4) is 0 Å². The number of carbonyl (C=O) groups is 4. The number of carbonyl (C=O) groups excluding carboxylic acids is 3. The fourth-order valence-corrected chi connectivity index (χ4v) is 6.22. The molecule has 1 saturated heterocycles. The van der Waals surface area contributed by atoms with E-state index < -0.39 is 29.2 Å². The minimum atomic E-state index is -1.20. The van der Waals surface area contributed by atoms with Crippen LogP contribution < -0.4 is 11.1 Å². The van der Waals surface area contributed by atoms with Crippen molar-refractivity contribution in [3.63, 3.8) is 0 Å². The van der Waals surface area contributed by atoms with Crippen LogP contribution in [-0.4, -0.2) is 88.3 Å². The van der Waals surface area contributed by atoms with E-state index in [1.165, 1.54) is 44.9 Å². The Labute approximate surface area is 196 Å². The summed E-state index contributed by atoms with van der Waals surface area (Å²) in [7, 11) is 0. The summed E-state index contributed by atoms with van der Waals surface area (Å²) in [6.07, 6.45) is 1.03. The second kappa shape index (κ2) is 11.0. The highest BCUT2D eigenvalue weighted by atomic mass is 32.2. The van der Waals surface area contributed by atoms with Crippen LogP contribution >= 0.6 is 35.3 Å². The highest BCUT2D eigenvalue weighted by Crippen LogP contribution is 2.41. The fraction of sp³-hybridized carbons (Fsp3) is 0.588. The van der Waals surface area contributed by atoms with E-state index in [9.17, 15) is 24.3 Å². The second-order valence-corrected chi connectivity index (χ2v) is 10.1. The van der Waals surface area contributed by atoms with E-state index in [1.54, 1.807) is 0 Å². The minimum absolute atomic E-state index is 0.0618. The molecule has 0 bridgehead atoms. The van der Waals surface area contributed by atoms with Crippen molar-refractivity contribution in [2.24, 2.45) is 5.73 Å². The van der Waals surface area contributed by atoms with Gasteiger partial charge in [0.25, 0.3) is 5.91 Å². The van der Waals surface area contributed by atoms with E-state index >= 15 is 0 Å².